The Morgan fingerprint density at radius 1 is 0.875 bits per heavy atom. The van der Waals surface area contributed by atoms with E-state index in [1.165, 1.54) is 55.3 Å². The van der Waals surface area contributed by atoms with Crippen molar-refractivity contribution in [1.29, 1.82) is 0 Å². The zero-order chi connectivity index (χ0) is 35.6. The molecular weight excluding hydrogens is 655 g/mol. The van der Waals surface area contributed by atoms with Gasteiger partial charge in [0.1, 0.15) is 29.8 Å². The molecule has 48 heavy (non-hydrogen) atoms. The Labute approximate surface area is 288 Å². The molecule has 0 aliphatic heterocycles. The molecule has 0 aliphatic rings. The maximum absolute atomic E-state index is 13.3. The molecular formula is C35H45N3O8S2. The van der Waals surface area contributed by atoms with Gasteiger partial charge >= 0.3 is 17.2 Å². The molecule has 3 aromatic carbocycles. The molecule has 1 amide bonds. The van der Waals surface area contributed by atoms with E-state index in [2.05, 4.69) is 64.0 Å². The maximum atomic E-state index is 13.3. The van der Waals surface area contributed by atoms with E-state index in [4.69, 9.17) is 17.8 Å². The van der Waals surface area contributed by atoms with Gasteiger partial charge in [0.15, 0.2) is 5.75 Å². The molecule has 0 spiro atoms. The first-order valence-corrected chi connectivity index (χ1v) is 18.1. The Kier molecular flexibility index (Phi) is 13.4. The Hall–Kier alpha value is -4.10. The fraction of sp³-hybridized carbons (Fsp3) is 0.429. The number of ether oxygens (including phenoxy) is 2. The average Bonchev–Trinajstić information content (AvgIpc) is 3.05. The second kappa shape index (κ2) is 16.8. The van der Waals surface area contributed by atoms with Crippen LogP contribution in [0.2, 0.25) is 0 Å². The third-order valence-corrected chi connectivity index (χ3v) is 9.36. The highest BCUT2D eigenvalue weighted by molar-refractivity contribution is 7.79. The minimum absolute atomic E-state index is 0.0140. The van der Waals surface area contributed by atoms with Crippen molar-refractivity contribution in [3.63, 3.8) is 0 Å². The number of hydrogen-bond acceptors (Lipinski definition) is 10. The second-order valence-corrected chi connectivity index (χ2v) is 14.3. The first-order valence-electron chi connectivity index (χ1n) is 15.6. The summed E-state index contributed by atoms with van der Waals surface area (Å²) in [5.41, 5.74) is 2.21. The normalized spacial score (nSPS) is 13.8. The van der Waals surface area contributed by atoms with Crippen LogP contribution < -0.4 is 13.1 Å². The number of hydrogen-bond donors (Lipinski definition) is 0. The molecule has 0 saturated carbocycles. The molecule has 13 heteroatoms. The van der Waals surface area contributed by atoms with Gasteiger partial charge < -0.3 is 17.8 Å². The number of rotatable bonds is 16. The lowest BCUT2D eigenvalue weighted by molar-refractivity contribution is 0.0225. The largest absolute Gasteiger partial charge is 0.489 e. The van der Waals surface area contributed by atoms with Gasteiger partial charge in [0, 0.05) is 17.4 Å². The van der Waals surface area contributed by atoms with E-state index in [-0.39, 0.29) is 40.1 Å². The summed E-state index contributed by atoms with van der Waals surface area (Å²) in [6, 6.07) is 18.1. The summed E-state index contributed by atoms with van der Waals surface area (Å²) in [5, 5.41) is 7.24. The summed E-state index contributed by atoms with van der Waals surface area (Å²) < 4.78 is 47.9. The van der Waals surface area contributed by atoms with E-state index >= 15 is 0 Å². The molecule has 0 radical (unpaired) electrons. The molecule has 3 unspecified atom stereocenters. The van der Waals surface area contributed by atoms with E-state index < -0.39 is 40.3 Å². The van der Waals surface area contributed by atoms with Crippen molar-refractivity contribution < 1.29 is 35.8 Å². The molecule has 3 rings (SSSR count). The fourth-order valence-corrected chi connectivity index (χ4v) is 5.57. The molecule has 0 fully saturated rings. The number of benzene rings is 3. The molecule has 0 bridgehead atoms. The van der Waals surface area contributed by atoms with Crippen LogP contribution in [0.25, 0.3) is 0 Å². The number of nitrogens with zero attached hydrogens (tertiary/aromatic N) is 3. The lowest BCUT2D eigenvalue weighted by Crippen LogP contribution is -2.31. The summed E-state index contributed by atoms with van der Waals surface area (Å²) in [4.78, 5) is 26.5. The Balaban J connectivity index is 1.75. The lowest BCUT2D eigenvalue weighted by atomic mass is 9.76. The zero-order valence-corrected chi connectivity index (χ0v) is 30.6. The summed E-state index contributed by atoms with van der Waals surface area (Å²) in [5.74, 6) is -0.781. The van der Waals surface area contributed by atoms with E-state index in [9.17, 15) is 18.0 Å². The van der Waals surface area contributed by atoms with Crippen LogP contribution in [0.5, 0.6) is 17.2 Å². The van der Waals surface area contributed by atoms with E-state index in [1.807, 2.05) is 6.07 Å². The summed E-state index contributed by atoms with van der Waals surface area (Å²) >= 11 is -4.18. The topological polar surface area (TPSA) is 133 Å². The van der Waals surface area contributed by atoms with Crippen LogP contribution in [0, 0.1) is 0 Å². The predicted octanol–water partition coefficient (Wildman–Crippen LogP) is 7.46. The molecule has 0 saturated heterocycles. The van der Waals surface area contributed by atoms with Gasteiger partial charge in [-0.3, -0.25) is 4.79 Å². The van der Waals surface area contributed by atoms with Gasteiger partial charge in [-0.25, -0.2) is 9.00 Å². The van der Waals surface area contributed by atoms with Crippen molar-refractivity contribution in [3.05, 3.63) is 89.0 Å². The van der Waals surface area contributed by atoms with E-state index in [0.717, 1.165) is 24.2 Å². The quantitative estimate of drug-likeness (QED) is 0.0855. The lowest BCUT2D eigenvalue weighted by Gasteiger charge is -2.30. The van der Waals surface area contributed by atoms with E-state index in [0.29, 0.717) is 4.41 Å². The number of esters is 1. The van der Waals surface area contributed by atoms with Crippen LogP contribution in [-0.4, -0.2) is 50.7 Å². The van der Waals surface area contributed by atoms with Gasteiger partial charge in [0.25, 0.3) is 5.91 Å². The zero-order valence-electron chi connectivity index (χ0n) is 29.0. The van der Waals surface area contributed by atoms with Crippen LogP contribution in [0.1, 0.15) is 93.2 Å². The molecule has 0 aromatic heterocycles. The maximum Gasteiger partial charge on any atom is 0.344 e. The van der Waals surface area contributed by atoms with Gasteiger partial charge in [-0.15, -0.1) is 0 Å². The van der Waals surface area contributed by atoms with Crippen molar-refractivity contribution in [3.8, 4) is 17.2 Å². The number of carbonyl (C=O) groups excluding carboxylic acids is 2. The van der Waals surface area contributed by atoms with Crippen molar-refractivity contribution in [1.82, 2.24) is 4.41 Å². The highest BCUT2D eigenvalue weighted by Crippen LogP contribution is 2.38. The molecule has 3 aromatic rings. The number of carbonyl (C=O) groups is 2. The van der Waals surface area contributed by atoms with Crippen molar-refractivity contribution in [2.75, 3.05) is 19.9 Å². The highest BCUT2D eigenvalue weighted by Gasteiger charge is 2.29. The van der Waals surface area contributed by atoms with Gasteiger partial charge in [0.05, 0.1) is 7.05 Å². The van der Waals surface area contributed by atoms with Gasteiger partial charge in [-0.1, -0.05) is 81.5 Å². The van der Waals surface area contributed by atoms with Gasteiger partial charge in [-0.2, -0.15) is 9.32 Å². The molecule has 0 N–H and O–H groups in total. The van der Waals surface area contributed by atoms with Crippen LogP contribution in [0.3, 0.4) is 0 Å². The van der Waals surface area contributed by atoms with Gasteiger partial charge in [-0.05, 0) is 72.6 Å². The second-order valence-electron chi connectivity index (χ2n) is 12.4. The van der Waals surface area contributed by atoms with Crippen molar-refractivity contribution in [2.45, 2.75) is 78.2 Å². The highest BCUT2D eigenvalue weighted by atomic mass is 32.2. The first-order chi connectivity index (χ1) is 22.6. The number of para-hydroxylation sites is 1. The van der Waals surface area contributed by atoms with Gasteiger partial charge in [0.2, 0.25) is 11.1 Å². The summed E-state index contributed by atoms with van der Waals surface area (Å²) in [7, 11) is 1.29. The van der Waals surface area contributed by atoms with Crippen LogP contribution >= 0.6 is 0 Å². The van der Waals surface area contributed by atoms with Crippen molar-refractivity contribution >= 4 is 34.2 Å². The summed E-state index contributed by atoms with van der Waals surface area (Å²) in [6.07, 6.45) is 2.59. The standard InChI is InChI=1S/C35H45N3O8S2/c1-10-34(4,5)26-19-20-31(29(22-26)35(6,7)11-2)43-23-24(3)44-33(40)28-17-12-13-18-30(28)46-48(42)38(37-36-8)32(39)25-15-14-16-27(21-25)45-47(9)41/h12-22,24H,10-11,23H2,1-9H3. The Bertz CT molecular complexity index is 1670. The minimum Gasteiger partial charge on any atom is -0.489 e. The molecule has 260 valence electrons. The van der Waals surface area contributed by atoms with Crippen molar-refractivity contribution in [2.24, 2.45) is 10.3 Å². The smallest absolute Gasteiger partial charge is 0.344 e. The van der Waals surface area contributed by atoms with Crippen LogP contribution in [-0.2, 0) is 37.9 Å². The number of amides is 1. The average molecular weight is 700 g/mol. The molecule has 0 heterocycles. The molecule has 0 aliphatic carbocycles. The molecule has 11 nitrogen and oxygen atoms in total. The minimum atomic E-state index is -2.56. The predicted molar refractivity (Wildman–Crippen MR) is 187 cm³/mol. The van der Waals surface area contributed by atoms with Crippen LogP contribution in [0.4, 0.5) is 0 Å². The third-order valence-electron chi connectivity index (χ3n) is 8.09. The Morgan fingerprint density at radius 2 is 1.56 bits per heavy atom. The van der Waals surface area contributed by atoms with E-state index in [1.54, 1.807) is 19.1 Å². The molecule has 3 atom stereocenters. The first kappa shape index (κ1) is 38.3. The van der Waals surface area contributed by atoms with Crippen LogP contribution in [0.15, 0.2) is 77.1 Å². The third kappa shape index (κ3) is 9.96. The monoisotopic (exact) mass is 699 g/mol. The Morgan fingerprint density at radius 3 is 2.21 bits per heavy atom. The SMILES string of the molecule is CCC(C)(C)c1ccc(OCC(C)OC(=O)c2ccccc2OS(=O)N(N=NC)C(=O)c2cccc(OS(C)=O)c2)c(C(C)(C)CC)c1. The fourth-order valence-electron chi connectivity index (χ4n) is 4.45. The summed E-state index contributed by atoms with van der Waals surface area (Å²) in [6.45, 7) is 14.9.